The van der Waals surface area contributed by atoms with Gasteiger partial charge in [0.15, 0.2) is 0 Å². The Bertz CT molecular complexity index is 1290. The Morgan fingerprint density at radius 3 is 2.60 bits per heavy atom. The second-order valence-electron chi connectivity index (χ2n) is 12.3. The molecule has 2 amide bonds. The van der Waals surface area contributed by atoms with E-state index in [1.165, 1.54) is 17.0 Å². The van der Waals surface area contributed by atoms with Crippen molar-refractivity contribution < 1.29 is 28.6 Å². The van der Waals surface area contributed by atoms with Crippen LogP contribution in [0.5, 0.6) is 5.88 Å². The topological polar surface area (TPSA) is 98.7 Å². The number of aromatic nitrogens is 1. The first-order chi connectivity index (χ1) is 20.2. The van der Waals surface area contributed by atoms with Gasteiger partial charge in [0.2, 0.25) is 11.8 Å². The van der Waals surface area contributed by atoms with Crippen LogP contribution in [-0.4, -0.2) is 114 Å². The molecule has 1 aromatic carbocycles. The highest BCUT2D eigenvalue weighted by Crippen LogP contribution is 2.42. The maximum Gasteiger partial charge on any atom is 0.407 e. The lowest BCUT2D eigenvalue weighted by molar-refractivity contribution is -0.122. The number of halogens is 1. The summed E-state index contributed by atoms with van der Waals surface area (Å²) in [5.41, 5.74) is 2.55. The van der Waals surface area contributed by atoms with Gasteiger partial charge in [-0.15, -0.1) is 0 Å². The minimum atomic E-state index is -0.926. The van der Waals surface area contributed by atoms with E-state index >= 15 is 0 Å². The molecule has 0 spiro atoms. The van der Waals surface area contributed by atoms with Gasteiger partial charge in [0.1, 0.15) is 18.1 Å². The van der Waals surface area contributed by atoms with Crippen LogP contribution in [0.25, 0.3) is 0 Å². The molecule has 3 aliphatic heterocycles. The number of carboxylic acid groups (broad SMARTS) is 1. The number of morpholine rings is 1. The van der Waals surface area contributed by atoms with E-state index in [1.54, 1.807) is 18.3 Å². The fourth-order valence-electron chi connectivity index (χ4n) is 6.61. The average Bonchev–Trinajstić information content (AvgIpc) is 3.80. The number of benzene rings is 1. The van der Waals surface area contributed by atoms with Crippen LogP contribution in [-0.2, 0) is 16.0 Å². The van der Waals surface area contributed by atoms with Gasteiger partial charge in [0.25, 0.3) is 0 Å². The monoisotopic (exact) mass is 581 g/mol. The molecule has 4 atom stereocenters. The van der Waals surface area contributed by atoms with Gasteiger partial charge in [-0.1, -0.05) is 12.1 Å². The van der Waals surface area contributed by atoms with Gasteiger partial charge in [0.05, 0.1) is 25.3 Å². The van der Waals surface area contributed by atoms with E-state index in [2.05, 4.69) is 14.8 Å². The molecule has 10 nitrogen and oxygen atoms in total. The second-order valence-corrected chi connectivity index (χ2v) is 12.3. The number of piperazine rings is 1. The van der Waals surface area contributed by atoms with Crippen molar-refractivity contribution >= 4 is 17.7 Å². The molecular formula is C31H40FN5O5. The van der Waals surface area contributed by atoms with Gasteiger partial charge in [-0.25, -0.2) is 14.2 Å². The number of fused-ring (bicyclic) bond motifs is 1. The average molecular weight is 582 g/mol. The first kappa shape index (κ1) is 28.8. The van der Waals surface area contributed by atoms with E-state index in [1.807, 2.05) is 24.8 Å². The predicted molar refractivity (Wildman–Crippen MR) is 154 cm³/mol. The molecule has 1 N–H and O–H groups in total. The van der Waals surface area contributed by atoms with Crippen molar-refractivity contribution in [3.05, 3.63) is 53.5 Å². The normalized spacial score (nSPS) is 26.9. The lowest BCUT2D eigenvalue weighted by atomic mass is 10.0. The van der Waals surface area contributed by atoms with Crippen molar-refractivity contribution in [3.63, 3.8) is 0 Å². The maximum atomic E-state index is 14.3. The molecule has 1 saturated carbocycles. The molecule has 0 bridgehead atoms. The molecule has 2 saturated heterocycles. The molecule has 2 aromatic rings. The van der Waals surface area contributed by atoms with Crippen molar-refractivity contribution in [2.24, 2.45) is 5.92 Å². The van der Waals surface area contributed by atoms with Crippen LogP contribution in [0.15, 0.2) is 36.5 Å². The Morgan fingerprint density at radius 2 is 1.88 bits per heavy atom. The van der Waals surface area contributed by atoms with Gasteiger partial charge in [0, 0.05) is 51.0 Å². The largest absolute Gasteiger partial charge is 0.474 e. The molecule has 1 aromatic heterocycles. The second kappa shape index (κ2) is 12.1. The van der Waals surface area contributed by atoms with Crippen LogP contribution in [0.4, 0.5) is 14.9 Å². The standard InChI is InChI=1S/C31H40FN5O5/c1-20-14-35(26(17-36(20)31(39)40)16-34-9-10-41-21(2)15-34)18-29(38)37-27-12-23(11-22-3-7-25(32)8-4-22)13-33-30(27)42-19-28(37)24-5-6-24/h3-4,7-8,12-13,20-21,24,26,28H,5-6,9-11,14-19H2,1-2H3,(H,39,40)/t20-,21-,26+,28-/m1/s1. The Morgan fingerprint density at radius 1 is 1.10 bits per heavy atom. The van der Waals surface area contributed by atoms with Gasteiger partial charge in [-0.05, 0) is 68.4 Å². The van der Waals surface area contributed by atoms with Gasteiger partial charge >= 0.3 is 6.09 Å². The fourth-order valence-corrected chi connectivity index (χ4v) is 6.61. The highest BCUT2D eigenvalue weighted by molar-refractivity contribution is 5.97. The lowest BCUT2D eigenvalue weighted by Gasteiger charge is -2.47. The van der Waals surface area contributed by atoms with E-state index in [0.29, 0.717) is 56.8 Å². The van der Waals surface area contributed by atoms with E-state index < -0.39 is 6.09 Å². The summed E-state index contributed by atoms with van der Waals surface area (Å²) in [4.78, 5) is 38.8. The third-order valence-electron chi connectivity index (χ3n) is 8.96. The molecule has 4 aliphatic rings. The van der Waals surface area contributed by atoms with Gasteiger partial charge in [-0.3, -0.25) is 19.5 Å². The number of amides is 2. The zero-order chi connectivity index (χ0) is 29.4. The number of rotatable bonds is 7. The molecule has 4 heterocycles. The van der Waals surface area contributed by atoms with Crippen molar-refractivity contribution in [1.29, 1.82) is 0 Å². The van der Waals surface area contributed by atoms with Crippen LogP contribution in [0, 0.1) is 11.7 Å². The number of hydrogen-bond acceptors (Lipinski definition) is 7. The Labute approximate surface area is 246 Å². The molecule has 42 heavy (non-hydrogen) atoms. The molecular weight excluding hydrogens is 541 g/mol. The summed E-state index contributed by atoms with van der Waals surface area (Å²) < 4.78 is 25.2. The molecule has 0 radical (unpaired) electrons. The Balaban J connectivity index is 1.24. The van der Waals surface area contributed by atoms with E-state index in [-0.39, 0.29) is 42.5 Å². The highest BCUT2D eigenvalue weighted by atomic mass is 19.1. The first-order valence-corrected chi connectivity index (χ1v) is 15.0. The first-order valence-electron chi connectivity index (χ1n) is 15.0. The number of hydrogen-bond donors (Lipinski definition) is 1. The Kier molecular flexibility index (Phi) is 8.33. The Hall–Kier alpha value is -3.28. The SMILES string of the molecule is C[C@@H]1CN(C[C@H]2CN(C(=O)O)[C@H](C)CN2CC(=O)N2c3cc(Cc4ccc(F)cc4)cnc3OC[C@@H]2C2CC2)CCO1. The number of nitrogens with zero attached hydrogens (tertiary/aromatic N) is 5. The minimum Gasteiger partial charge on any atom is -0.474 e. The molecule has 1 aliphatic carbocycles. The zero-order valence-electron chi connectivity index (χ0n) is 24.3. The summed E-state index contributed by atoms with van der Waals surface area (Å²) in [6, 6.07) is 7.98. The third kappa shape index (κ3) is 6.38. The van der Waals surface area contributed by atoms with Crippen LogP contribution < -0.4 is 9.64 Å². The molecule has 11 heteroatoms. The zero-order valence-corrected chi connectivity index (χ0v) is 24.3. The van der Waals surface area contributed by atoms with Crippen molar-refractivity contribution in [2.75, 3.05) is 57.4 Å². The fraction of sp³-hybridized carbons (Fsp3) is 0.581. The van der Waals surface area contributed by atoms with E-state index in [4.69, 9.17) is 9.47 Å². The highest BCUT2D eigenvalue weighted by Gasteiger charge is 2.44. The molecule has 6 rings (SSSR count). The van der Waals surface area contributed by atoms with Crippen molar-refractivity contribution in [3.8, 4) is 5.88 Å². The molecule has 3 fully saturated rings. The van der Waals surface area contributed by atoms with E-state index in [0.717, 1.165) is 37.1 Å². The van der Waals surface area contributed by atoms with Crippen LogP contribution in [0.1, 0.15) is 37.8 Å². The summed E-state index contributed by atoms with van der Waals surface area (Å²) in [6.07, 6.45) is 3.63. The summed E-state index contributed by atoms with van der Waals surface area (Å²) in [5, 5.41) is 9.86. The quantitative estimate of drug-likeness (QED) is 0.533. The predicted octanol–water partition coefficient (Wildman–Crippen LogP) is 3.09. The lowest BCUT2D eigenvalue weighted by Crippen LogP contribution is -2.64. The molecule has 0 unspecified atom stereocenters. The summed E-state index contributed by atoms with van der Waals surface area (Å²) in [6.45, 7) is 8.27. The van der Waals surface area contributed by atoms with Crippen LogP contribution >= 0.6 is 0 Å². The van der Waals surface area contributed by atoms with Crippen molar-refractivity contribution in [1.82, 2.24) is 19.7 Å². The summed E-state index contributed by atoms with van der Waals surface area (Å²) in [7, 11) is 0. The number of anilines is 1. The number of carbonyl (C=O) groups excluding carboxylic acids is 1. The van der Waals surface area contributed by atoms with Gasteiger partial charge in [-0.2, -0.15) is 0 Å². The van der Waals surface area contributed by atoms with Gasteiger partial charge < -0.3 is 19.5 Å². The number of carbonyl (C=O) groups is 2. The van der Waals surface area contributed by atoms with Crippen LogP contribution in [0.2, 0.25) is 0 Å². The van der Waals surface area contributed by atoms with E-state index in [9.17, 15) is 19.1 Å². The number of pyridine rings is 1. The third-order valence-corrected chi connectivity index (χ3v) is 8.96. The number of ether oxygens (including phenoxy) is 2. The smallest absolute Gasteiger partial charge is 0.407 e. The summed E-state index contributed by atoms with van der Waals surface area (Å²) >= 11 is 0. The maximum absolute atomic E-state index is 14.3. The minimum absolute atomic E-state index is 0.0199. The summed E-state index contributed by atoms with van der Waals surface area (Å²) in [5.74, 6) is 0.538. The van der Waals surface area contributed by atoms with Crippen molar-refractivity contribution in [2.45, 2.75) is 57.3 Å². The molecule has 226 valence electrons. The van der Waals surface area contributed by atoms with Crippen LogP contribution in [0.3, 0.4) is 0 Å².